The molecule has 0 bridgehead atoms. The van der Waals surface area contributed by atoms with Gasteiger partial charge in [0.05, 0.1) is 12.2 Å². The largest absolute Gasteiger partial charge is 0.484 e. The lowest BCUT2D eigenvalue weighted by molar-refractivity contribution is -0.123. The van der Waals surface area contributed by atoms with Crippen molar-refractivity contribution in [3.63, 3.8) is 0 Å². The summed E-state index contributed by atoms with van der Waals surface area (Å²) in [5, 5.41) is 9.33. The minimum atomic E-state index is -0.156. The van der Waals surface area contributed by atoms with E-state index in [2.05, 4.69) is 22.4 Å². The number of rotatable bonds is 6. The highest BCUT2D eigenvalue weighted by molar-refractivity contribution is 5.77. The highest BCUT2D eigenvalue weighted by atomic mass is 16.5. The van der Waals surface area contributed by atoms with E-state index in [1.54, 1.807) is 6.20 Å². The number of H-pyrrole nitrogens is 1. The summed E-state index contributed by atoms with van der Waals surface area (Å²) in [6.45, 7) is 2.52. The maximum absolute atomic E-state index is 11.6. The standard InChI is InChI=1S/C14H17N3O2/c1-2-11-4-3-5-13(8-11)19-10-14(18)15-9-12-6-7-16-17-12/h3-8H,2,9-10H2,1H3,(H,15,18)(H,16,17). The SMILES string of the molecule is CCc1cccc(OCC(=O)NCc2ccn[nH]2)c1. The summed E-state index contributed by atoms with van der Waals surface area (Å²) in [6.07, 6.45) is 2.59. The first-order valence-corrected chi connectivity index (χ1v) is 6.24. The van der Waals surface area contributed by atoms with Gasteiger partial charge in [0, 0.05) is 6.20 Å². The number of nitrogens with one attached hydrogen (secondary N) is 2. The van der Waals surface area contributed by atoms with Crippen molar-refractivity contribution in [3.05, 3.63) is 47.8 Å². The van der Waals surface area contributed by atoms with E-state index in [4.69, 9.17) is 4.74 Å². The van der Waals surface area contributed by atoms with Crippen LogP contribution in [0.25, 0.3) is 0 Å². The fourth-order valence-corrected chi connectivity index (χ4v) is 1.63. The summed E-state index contributed by atoms with van der Waals surface area (Å²) in [4.78, 5) is 11.6. The van der Waals surface area contributed by atoms with Gasteiger partial charge >= 0.3 is 0 Å². The van der Waals surface area contributed by atoms with Gasteiger partial charge in [-0.05, 0) is 30.2 Å². The van der Waals surface area contributed by atoms with Crippen LogP contribution in [-0.4, -0.2) is 22.7 Å². The third-order valence-corrected chi connectivity index (χ3v) is 2.71. The number of aryl methyl sites for hydroxylation is 1. The molecule has 0 radical (unpaired) electrons. The van der Waals surface area contributed by atoms with Gasteiger partial charge in [0.1, 0.15) is 5.75 Å². The van der Waals surface area contributed by atoms with Crippen molar-refractivity contribution in [3.8, 4) is 5.75 Å². The Kier molecular flexibility index (Phi) is 4.55. The van der Waals surface area contributed by atoms with E-state index in [0.29, 0.717) is 6.54 Å². The van der Waals surface area contributed by atoms with Crippen molar-refractivity contribution in [1.29, 1.82) is 0 Å². The summed E-state index contributed by atoms with van der Waals surface area (Å²) in [5.41, 5.74) is 2.05. The molecule has 1 amide bonds. The van der Waals surface area contributed by atoms with Crippen molar-refractivity contribution in [2.45, 2.75) is 19.9 Å². The molecular formula is C14H17N3O2. The molecule has 0 fully saturated rings. The quantitative estimate of drug-likeness (QED) is 0.829. The normalized spacial score (nSPS) is 10.2. The number of hydrogen-bond acceptors (Lipinski definition) is 3. The molecule has 0 aliphatic carbocycles. The molecule has 100 valence electrons. The van der Waals surface area contributed by atoms with E-state index in [1.807, 2.05) is 30.3 Å². The van der Waals surface area contributed by atoms with Crippen LogP contribution < -0.4 is 10.1 Å². The van der Waals surface area contributed by atoms with Crippen molar-refractivity contribution in [2.24, 2.45) is 0 Å². The summed E-state index contributed by atoms with van der Waals surface area (Å²) in [5.74, 6) is 0.563. The third-order valence-electron chi connectivity index (χ3n) is 2.71. The molecule has 1 aromatic heterocycles. The van der Waals surface area contributed by atoms with Crippen molar-refractivity contribution in [1.82, 2.24) is 15.5 Å². The van der Waals surface area contributed by atoms with Crippen molar-refractivity contribution < 1.29 is 9.53 Å². The van der Waals surface area contributed by atoms with Gasteiger partial charge < -0.3 is 10.1 Å². The van der Waals surface area contributed by atoms with Crippen LogP contribution in [0, 0.1) is 0 Å². The van der Waals surface area contributed by atoms with Gasteiger partial charge in [0.25, 0.3) is 5.91 Å². The number of amides is 1. The number of ether oxygens (including phenoxy) is 1. The Morgan fingerprint density at radius 1 is 1.42 bits per heavy atom. The van der Waals surface area contributed by atoms with Gasteiger partial charge in [-0.15, -0.1) is 0 Å². The molecule has 0 aliphatic heterocycles. The number of aromatic nitrogens is 2. The van der Waals surface area contributed by atoms with Crippen LogP contribution in [0.3, 0.4) is 0 Å². The zero-order valence-corrected chi connectivity index (χ0v) is 10.8. The third kappa shape index (κ3) is 4.13. The van der Waals surface area contributed by atoms with Gasteiger partial charge in [-0.3, -0.25) is 9.89 Å². The Morgan fingerprint density at radius 2 is 2.32 bits per heavy atom. The van der Waals surface area contributed by atoms with Gasteiger partial charge in [0.15, 0.2) is 6.61 Å². The number of aromatic amines is 1. The molecule has 0 saturated carbocycles. The predicted octanol–water partition coefficient (Wildman–Crippen LogP) is 1.67. The second kappa shape index (κ2) is 6.58. The molecule has 2 N–H and O–H groups in total. The highest BCUT2D eigenvalue weighted by Crippen LogP contribution is 2.13. The van der Waals surface area contributed by atoms with E-state index in [0.717, 1.165) is 17.9 Å². The molecule has 2 rings (SSSR count). The Balaban J connectivity index is 1.76. The number of nitrogens with zero attached hydrogens (tertiary/aromatic N) is 1. The molecule has 19 heavy (non-hydrogen) atoms. The first-order valence-electron chi connectivity index (χ1n) is 6.24. The van der Waals surface area contributed by atoms with Crippen molar-refractivity contribution in [2.75, 3.05) is 6.61 Å². The van der Waals surface area contributed by atoms with Crippen LogP contribution in [0.2, 0.25) is 0 Å². The number of hydrogen-bond donors (Lipinski definition) is 2. The summed E-state index contributed by atoms with van der Waals surface area (Å²) >= 11 is 0. The molecule has 5 nitrogen and oxygen atoms in total. The molecule has 0 unspecified atom stereocenters. The second-order valence-corrected chi connectivity index (χ2v) is 4.15. The van der Waals surface area contributed by atoms with Crippen LogP contribution in [-0.2, 0) is 17.8 Å². The van der Waals surface area contributed by atoms with Crippen LogP contribution in [0.5, 0.6) is 5.75 Å². The van der Waals surface area contributed by atoms with E-state index in [1.165, 1.54) is 5.56 Å². The summed E-state index contributed by atoms with van der Waals surface area (Å²) in [7, 11) is 0. The monoisotopic (exact) mass is 259 g/mol. The number of benzene rings is 1. The lowest BCUT2D eigenvalue weighted by Gasteiger charge is -2.07. The molecule has 0 aliphatic rings. The van der Waals surface area contributed by atoms with Gasteiger partial charge in [-0.1, -0.05) is 19.1 Å². The molecule has 5 heteroatoms. The molecule has 1 aromatic carbocycles. The highest BCUT2D eigenvalue weighted by Gasteiger charge is 2.03. The molecule has 1 heterocycles. The van der Waals surface area contributed by atoms with Crippen LogP contribution in [0.1, 0.15) is 18.2 Å². The van der Waals surface area contributed by atoms with E-state index in [9.17, 15) is 4.79 Å². The van der Waals surface area contributed by atoms with E-state index < -0.39 is 0 Å². The van der Waals surface area contributed by atoms with Crippen LogP contribution in [0.15, 0.2) is 36.5 Å². The molecule has 2 aromatic rings. The fourth-order valence-electron chi connectivity index (χ4n) is 1.63. The summed E-state index contributed by atoms with van der Waals surface area (Å²) < 4.78 is 5.44. The maximum Gasteiger partial charge on any atom is 0.258 e. The average molecular weight is 259 g/mol. The van der Waals surface area contributed by atoms with Gasteiger partial charge in [-0.25, -0.2) is 0 Å². The second-order valence-electron chi connectivity index (χ2n) is 4.15. The minimum Gasteiger partial charge on any atom is -0.484 e. The smallest absolute Gasteiger partial charge is 0.258 e. The lowest BCUT2D eigenvalue weighted by atomic mass is 10.2. The molecular weight excluding hydrogens is 242 g/mol. The Labute approximate surface area is 112 Å². The summed E-state index contributed by atoms with van der Waals surface area (Å²) in [6, 6.07) is 9.57. The molecule has 0 saturated heterocycles. The van der Waals surface area contributed by atoms with E-state index in [-0.39, 0.29) is 12.5 Å². The Hall–Kier alpha value is -2.30. The Bertz CT molecular complexity index is 523. The van der Waals surface area contributed by atoms with Gasteiger partial charge in [0.2, 0.25) is 0 Å². The molecule has 0 atom stereocenters. The predicted molar refractivity (Wildman–Crippen MR) is 71.7 cm³/mol. The van der Waals surface area contributed by atoms with Crippen LogP contribution in [0.4, 0.5) is 0 Å². The maximum atomic E-state index is 11.6. The van der Waals surface area contributed by atoms with Gasteiger partial charge in [-0.2, -0.15) is 5.10 Å². The first kappa shape index (κ1) is 13.1. The van der Waals surface area contributed by atoms with Crippen LogP contribution >= 0.6 is 0 Å². The number of carbonyl (C=O) groups excluding carboxylic acids is 1. The lowest BCUT2D eigenvalue weighted by Crippen LogP contribution is -2.28. The molecule has 0 spiro atoms. The topological polar surface area (TPSA) is 67.0 Å². The van der Waals surface area contributed by atoms with E-state index >= 15 is 0 Å². The average Bonchev–Trinajstić information content (AvgIpc) is 2.96. The zero-order valence-electron chi connectivity index (χ0n) is 10.8. The minimum absolute atomic E-state index is 0.0152. The Morgan fingerprint density at radius 3 is 3.05 bits per heavy atom. The van der Waals surface area contributed by atoms with Crippen molar-refractivity contribution >= 4 is 5.91 Å². The number of carbonyl (C=O) groups is 1. The zero-order chi connectivity index (χ0) is 13.5. The fraction of sp³-hybridized carbons (Fsp3) is 0.286. The first-order chi connectivity index (χ1) is 9.28.